The van der Waals surface area contributed by atoms with Gasteiger partial charge in [-0.2, -0.15) is 0 Å². The summed E-state index contributed by atoms with van der Waals surface area (Å²) >= 11 is 0. The molecule has 178 valence electrons. The predicted molar refractivity (Wildman–Crippen MR) is 122 cm³/mol. The molecule has 2 rings (SSSR count). The third-order valence-electron chi connectivity index (χ3n) is 5.69. The smallest absolute Gasteiger partial charge is 0.494 e. The Labute approximate surface area is 192 Å². The van der Waals surface area contributed by atoms with E-state index in [9.17, 15) is 14.4 Å². The number of carbonyl (C=O) groups is 3. The minimum absolute atomic E-state index is 0.102. The highest BCUT2D eigenvalue weighted by Crippen LogP contribution is 2.37. The van der Waals surface area contributed by atoms with Crippen LogP contribution >= 0.6 is 0 Å². The van der Waals surface area contributed by atoms with Crippen molar-refractivity contribution in [3.63, 3.8) is 0 Å². The number of hydrogen-bond acceptors (Lipinski definition) is 7. The van der Waals surface area contributed by atoms with Crippen LogP contribution in [0.4, 0.5) is 0 Å². The SMILES string of the molecule is CCCC1CCC(c2ccc(OCCC[Si](OC(C)=O)(OC(C)=O)OC(C)=O)cc2)CC1. The first-order valence-electron chi connectivity index (χ1n) is 11.5. The first-order chi connectivity index (χ1) is 15.2. The van der Waals surface area contributed by atoms with E-state index in [1.54, 1.807) is 0 Å². The monoisotopic (exact) mass is 464 g/mol. The molecule has 0 atom stereocenters. The zero-order valence-electron chi connectivity index (χ0n) is 19.7. The van der Waals surface area contributed by atoms with Gasteiger partial charge in [0.1, 0.15) is 5.75 Å². The van der Waals surface area contributed by atoms with Gasteiger partial charge in [0.2, 0.25) is 0 Å². The summed E-state index contributed by atoms with van der Waals surface area (Å²) in [5.74, 6) is 0.256. The van der Waals surface area contributed by atoms with E-state index in [1.807, 2.05) is 12.1 Å². The number of ether oxygens (including phenoxy) is 1. The first kappa shape index (κ1) is 25.9. The lowest BCUT2D eigenvalue weighted by atomic mass is 9.77. The standard InChI is InChI=1S/C24H36O7Si/c1-5-7-21-8-10-22(11-9-21)23-12-14-24(15-13-23)28-16-6-17-32(29-18(2)25,30-19(3)26)31-20(4)27/h12-15,21-22H,5-11,16-17H2,1-4H3. The second kappa shape index (κ2) is 12.6. The number of benzene rings is 1. The van der Waals surface area contributed by atoms with Crippen LogP contribution in [0, 0.1) is 5.92 Å². The van der Waals surface area contributed by atoms with E-state index >= 15 is 0 Å². The fourth-order valence-electron chi connectivity index (χ4n) is 4.38. The van der Waals surface area contributed by atoms with Crippen LogP contribution in [-0.4, -0.2) is 33.3 Å². The molecule has 1 aromatic carbocycles. The van der Waals surface area contributed by atoms with Gasteiger partial charge in [-0.3, -0.25) is 14.4 Å². The molecular weight excluding hydrogens is 428 g/mol. The van der Waals surface area contributed by atoms with Crippen molar-refractivity contribution in [1.82, 2.24) is 0 Å². The van der Waals surface area contributed by atoms with Gasteiger partial charge in [0.05, 0.1) is 12.7 Å². The Hall–Kier alpha value is -2.35. The van der Waals surface area contributed by atoms with Gasteiger partial charge in [-0.25, -0.2) is 0 Å². The van der Waals surface area contributed by atoms with Gasteiger partial charge >= 0.3 is 8.80 Å². The molecule has 0 aliphatic heterocycles. The van der Waals surface area contributed by atoms with Crippen LogP contribution < -0.4 is 4.74 Å². The molecule has 1 fully saturated rings. The average molecular weight is 465 g/mol. The molecule has 0 amide bonds. The Kier molecular flexibility index (Phi) is 10.2. The second-order valence-corrected chi connectivity index (χ2v) is 11.0. The highest BCUT2D eigenvalue weighted by Gasteiger charge is 2.51. The summed E-state index contributed by atoms with van der Waals surface area (Å²) < 4.78 is 21.3. The number of carbonyl (C=O) groups excluding carboxylic acids is 3. The maximum atomic E-state index is 11.5. The van der Waals surface area contributed by atoms with Crippen molar-refractivity contribution in [2.24, 2.45) is 5.92 Å². The lowest BCUT2D eigenvalue weighted by Crippen LogP contribution is -2.49. The summed E-state index contributed by atoms with van der Waals surface area (Å²) in [4.78, 5) is 34.5. The molecule has 0 N–H and O–H groups in total. The van der Waals surface area contributed by atoms with Crippen LogP contribution in [0.3, 0.4) is 0 Å². The molecule has 1 saturated carbocycles. The van der Waals surface area contributed by atoms with Gasteiger partial charge in [0, 0.05) is 20.8 Å². The third-order valence-corrected chi connectivity index (χ3v) is 8.45. The van der Waals surface area contributed by atoms with Crippen LogP contribution in [0.15, 0.2) is 24.3 Å². The summed E-state index contributed by atoms with van der Waals surface area (Å²) in [5.41, 5.74) is 1.36. The van der Waals surface area contributed by atoms with E-state index < -0.39 is 26.7 Å². The van der Waals surface area contributed by atoms with Gasteiger partial charge in [0.25, 0.3) is 17.9 Å². The van der Waals surface area contributed by atoms with Crippen molar-refractivity contribution in [2.75, 3.05) is 6.61 Å². The molecule has 0 radical (unpaired) electrons. The van der Waals surface area contributed by atoms with E-state index in [2.05, 4.69) is 19.1 Å². The molecule has 0 heterocycles. The Morgan fingerprint density at radius 3 is 1.88 bits per heavy atom. The molecule has 0 bridgehead atoms. The van der Waals surface area contributed by atoms with Crippen molar-refractivity contribution in [1.29, 1.82) is 0 Å². The van der Waals surface area contributed by atoms with Crippen LogP contribution in [0.1, 0.15) is 84.1 Å². The molecule has 8 heteroatoms. The predicted octanol–water partition coefficient (Wildman–Crippen LogP) is 5.16. The molecule has 1 aromatic rings. The molecule has 0 spiro atoms. The molecule has 32 heavy (non-hydrogen) atoms. The van der Waals surface area contributed by atoms with Gasteiger partial charge < -0.3 is 18.0 Å². The van der Waals surface area contributed by atoms with Gasteiger partial charge in [0.15, 0.2) is 0 Å². The van der Waals surface area contributed by atoms with E-state index in [-0.39, 0.29) is 6.04 Å². The van der Waals surface area contributed by atoms with Crippen molar-refractivity contribution in [3.05, 3.63) is 29.8 Å². The largest absolute Gasteiger partial charge is 0.705 e. The average Bonchev–Trinajstić information content (AvgIpc) is 2.71. The molecule has 0 saturated heterocycles. The topological polar surface area (TPSA) is 88.1 Å². The maximum Gasteiger partial charge on any atom is 0.705 e. The molecule has 1 aliphatic rings. The van der Waals surface area contributed by atoms with Gasteiger partial charge in [-0.1, -0.05) is 31.9 Å². The quantitative estimate of drug-likeness (QED) is 0.330. The van der Waals surface area contributed by atoms with E-state index in [1.165, 1.54) is 64.9 Å². The van der Waals surface area contributed by atoms with Crippen molar-refractivity contribution in [3.8, 4) is 5.75 Å². The van der Waals surface area contributed by atoms with Crippen LogP contribution in [0.25, 0.3) is 0 Å². The van der Waals surface area contributed by atoms with Crippen molar-refractivity contribution in [2.45, 2.75) is 84.6 Å². The van der Waals surface area contributed by atoms with E-state index in [0.29, 0.717) is 18.9 Å². The molecular formula is C24H36O7Si. The Morgan fingerprint density at radius 2 is 1.41 bits per heavy atom. The van der Waals surface area contributed by atoms with Crippen molar-refractivity contribution >= 4 is 26.7 Å². The summed E-state index contributed by atoms with van der Waals surface area (Å²) in [6.07, 6.45) is 8.14. The number of rotatable bonds is 11. The fraction of sp³-hybridized carbons (Fsp3) is 0.625. The van der Waals surface area contributed by atoms with E-state index in [4.69, 9.17) is 18.0 Å². The zero-order valence-corrected chi connectivity index (χ0v) is 20.7. The normalized spacial score (nSPS) is 18.5. The van der Waals surface area contributed by atoms with Crippen LogP contribution in [0.2, 0.25) is 6.04 Å². The second-order valence-electron chi connectivity index (χ2n) is 8.49. The summed E-state index contributed by atoms with van der Waals surface area (Å²) in [6.45, 7) is 6.12. The lowest BCUT2D eigenvalue weighted by molar-refractivity contribution is -0.147. The summed E-state index contributed by atoms with van der Waals surface area (Å²) in [5, 5.41) is 0. The Bertz CT molecular complexity index is 713. The zero-order chi connectivity index (χ0) is 23.6. The summed E-state index contributed by atoms with van der Waals surface area (Å²) in [7, 11) is -3.79. The van der Waals surface area contributed by atoms with Crippen molar-refractivity contribution < 1.29 is 32.4 Å². The minimum atomic E-state index is -3.79. The van der Waals surface area contributed by atoms with Crippen LogP contribution in [0.5, 0.6) is 5.75 Å². The highest BCUT2D eigenvalue weighted by atomic mass is 28.4. The first-order valence-corrected chi connectivity index (χ1v) is 13.5. The minimum Gasteiger partial charge on any atom is -0.494 e. The highest BCUT2D eigenvalue weighted by molar-refractivity contribution is 6.65. The Balaban J connectivity index is 1.86. The Morgan fingerprint density at radius 1 is 0.875 bits per heavy atom. The molecule has 0 unspecified atom stereocenters. The summed E-state index contributed by atoms with van der Waals surface area (Å²) in [6, 6.07) is 8.32. The maximum absolute atomic E-state index is 11.5. The van der Waals surface area contributed by atoms with Gasteiger partial charge in [-0.15, -0.1) is 0 Å². The van der Waals surface area contributed by atoms with Crippen LogP contribution in [-0.2, 0) is 27.7 Å². The lowest BCUT2D eigenvalue weighted by Gasteiger charge is -2.28. The molecule has 0 aromatic heterocycles. The number of hydrogen-bond donors (Lipinski definition) is 0. The van der Waals surface area contributed by atoms with Gasteiger partial charge in [-0.05, 0) is 61.6 Å². The van der Waals surface area contributed by atoms with E-state index in [0.717, 1.165) is 11.7 Å². The molecule has 7 nitrogen and oxygen atoms in total. The third kappa shape index (κ3) is 8.65. The fourth-order valence-corrected chi connectivity index (χ4v) is 6.70. The molecule has 1 aliphatic carbocycles.